The van der Waals surface area contributed by atoms with Gasteiger partial charge < -0.3 is 15.2 Å². The van der Waals surface area contributed by atoms with Gasteiger partial charge in [0.15, 0.2) is 0 Å². The van der Waals surface area contributed by atoms with Crippen molar-refractivity contribution in [1.29, 1.82) is 0 Å². The molecule has 0 aliphatic carbocycles. The van der Waals surface area contributed by atoms with Crippen molar-refractivity contribution in [2.45, 2.75) is 52.0 Å². The lowest BCUT2D eigenvalue weighted by molar-refractivity contribution is 0.0344. The Hall–Kier alpha value is -0.160. The highest BCUT2D eigenvalue weighted by atomic mass is 16.5. The summed E-state index contributed by atoms with van der Waals surface area (Å²) < 4.78 is 10.7. The smallest absolute Gasteiger partial charge is 0.0593 e. The molecule has 0 aliphatic heterocycles. The second kappa shape index (κ2) is 11.6. The third kappa shape index (κ3) is 6.70. The van der Waals surface area contributed by atoms with E-state index in [0.29, 0.717) is 0 Å². The molecule has 0 aromatic carbocycles. The standard InChI is InChI=1S/C15H34N2O2/c1-5-9-17(15(6-2,7-3)14-16)10-13-19-12-8-11-18-4/h5-14,16H2,1-4H3. The Morgan fingerprint density at radius 2 is 1.68 bits per heavy atom. The van der Waals surface area contributed by atoms with E-state index in [4.69, 9.17) is 15.2 Å². The van der Waals surface area contributed by atoms with E-state index >= 15 is 0 Å². The minimum atomic E-state index is 0.145. The average Bonchev–Trinajstić information content (AvgIpc) is 2.45. The lowest BCUT2D eigenvalue weighted by atomic mass is 9.90. The molecule has 0 radical (unpaired) electrons. The molecule has 0 aromatic rings. The van der Waals surface area contributed by atoms with Crippen LogP contribution in [0.5, 0.6) is 0 Å². The van der Waals surface area contributed by atoms with E-state index in [0.717, 1.165) is 65.1 Å². The fourth-order valence-corrected chi connectivity index (χ4v) is 2.55. The van der Waals surface area contributed by atoms with Crippen molar-refractivity contribution in [1.82, 2.24) is 4.90 Å². The molecule has 0 unspecified atom stereocenters. The largest absolute Gasteiger partial charge is 0.385 e. The summed E-state index contributed by atoms with van der Waals surface area (Å²) >= 11 is 0. The predicted octanol–water partition coefficient (Wildman–Crippen LogP) is 2.27. The molecule has 0 fully saturated rings. The van der Waals surface area contributed by atoms with Gasteiger partial charge in [-0.15, -0.1) is 0 Å². The fourth-order valence-electron chi connectivity index (χ4n) is 2.55. The molecule has 0 saturated heterocycles. The zero-order valence-electron chi connectivity index (χ0n) is 13.4. The first-order valence-electron chi connectivity index (χ1n) is 7.72. The molecule has 4 heteroatoms. The van der Waals surface area contributed by atoms with Crippen LogP contribution in [0.25, 0.3) is 0 Å². The van der Waals surface area contributed by atoms with Gasteiger partial charge in [-0.05, 0) is 32.2 Å². The zero-order chi connectivity index (χ0) is 14.6. The molecule has 0 rings (SSSR count). The third-order valence-corrected chi connectivity index (χ3v) is 4.00. The van der Waals surface area contributed by atoms with Crippen LogP contribution in [-0.4, -0.2) is 57.0 Å². The number of ether oxygens (including phenoxy) is 2. The van der Waals surface area contributed by atoms with Crippen molar-refractivity contribution in [2.24, 2.45) is 5.73 Å². The molecular formula is C15H34N2O2. The molecule has 0 amide bonds. The summed E-state index contributed by atoms with van der Waals surface area (Å²) in [5.41, 5.74) is 6.18. The molecular weight excluding hydrogens is 240 g/mol. The molecule has 0 saturated carbocycles. The maximum absolute atomic E-state index is 6.03. The highest BCUT2D eigenvalue weighted by molar-refractivity contribution is 4.89. The minimum Gasteiger partial charge on any atom is -0.385 e. The Kier molecular flexibility index (Phi) is 11.6. The predicted molar refractivity (Wildman–Crippen MR) is 81.5 cm³/mol. The van der Waals surface area contributed by atoms with Gasteiger partial charge in [0.05, 0.1) is 6.61 Å². The van der Waals surface area contributed by atoms with Gasteiger partial charge >= 0.3 is 0 Å². The Bertz CT molecular complexity index is 188. The second-order valence-corrected chi connectivity index (χ2v) is 5.08. The van der Waals surface area contributed by atoms with Crippen molar-refractivity contribution < 1.29 is 9.47 Å². The van der Waals surface area contributed by atoms with Crippen LogP contribution in [0.4, 0.5) is 0 Å². The quantitative estimate of drug-likeness (QED) is 0.523. The molecule has 2 N–H and O–H groups in total. The number of hydrogen-bond acceptors (Lipinski definition) is 4. The van der Waals surface area contributed by atoms with Gasteiger partial charge in [0.2, 0.25) is 0 Å². The summed E-state index contributed by atoms with van der Waals surface area (Å²) in [5, 5.41) is 0. The van der Waals surface area contributed by atoms with Crippen LogP contribution in [0, 0.1) is 0 Å². The van der Waals surface area contributed by atoms with Crippen LogP contribution >= 0.6 is 0 Å². The zero-order valence-corrected chi connectivity index (χ0v) is 13.4. The van der Waals surface area contributed by atoms with Gasteiger partial charge in [-0.1, -0.05) is 20.8 Å². The molecule has 0 heterocycles. The summed E-state index contributed by atoms with van der Waals surface area (Å²) in [4.78, 5) is 2.52. The second-order valence-electron chi connectivity index (χ2n) is 5.08. The molecule has 0 spiro atoms. The van der Waals surface area contributed by atoms with Gasteiger partial charge in [-0.2, -0.15) is 0 Å². The third-order valence-electron chi connectivity index (χ3n) is 4.00. The first kappa shape index (κ1) is 18.8. The van der Waals surface area contributed by atoms with Crippen LogP contribution in [-0.2, 0) is 9.47 Å². The normalized spacial score (nSPS) is 12.3. The van der Waals surface area contributed by atoms with Gasteiger partial charge in [0.1, 0.15) is 0 Å². The van der Waals surface area contributed by atoms with E-state index in [9.17, 15) is 0 Å². The topological polar surface area (TPSA) is 47.7 Å². The maximum Gasteiger partial charge on any atom is 0.0593 e. The molecule has 0 bridgehead atoms. The lowest BCUT2D eigenvalue weighted by Gasteiger charge is -2.42. The van der Waals surface area contributed by atoms with E-state index in [1.165, 1.54) is 0 Å². The van der Waals surface area contributed by atoms with E-state index in [1.807, 2.05) is 0 Å². The maximum atomic E-state index is 6.03. The number of nitrogens with two attached hydrogens (primary N) is 1. The number of rotatable bonds is 13. The van der Waals surface area contributed by atoms with Crippen LogP contribution in [0.2, 0.25) is 0 Å². The SMILES string of the molecule is CCCN(CCOCCCOC)C(CC)(CC)CN. The minimum absolute atomic E-state index is 0.145. The van der Waals surface area contributed by atoms with Crippen LogP contribution in [0.1, 0.15) is 46.5 Å². The van der Waals surface area contributed by atoms with Crippen molar-refractivity contribution in [3.63, 3.8) is 0 Å². The Labute approximate surface area is 119 Å². The molecule has 0 aromatic heterocycles. The Morgan fingerprint density at radius 3 is 2.16 bits per heavy atom. The van der Waals surface area contributed by atoms with E-state index in [2.05, 4.69) is 25.7 Å². The number of nitrogens with zero attached hydrogens (tertiary/aromatic N) is 1. The van der Waals surface area contributed by atoms with E-state index in [1.54, 1.807) is 7.11 Å². The van der Waals surface area contributed by atoms with Gasteiger partial charge in [0, 0.05) is 39.0 Å². The Balaban J connectivity index is 4.16. The van der Waals surface area contributed by atoms with Crippen LogP contribution in [0.3, 0.4) is 0 Å². The summed E-state index contributed by atoms with van der Waals surface area (Å²) in [5.74, 6) is 0. The average molecular weight is 274 g/mol. The van der Waals surface area contributed by atoms with Gasteiger partial charge in [0.25, 0.3) is 0 Å². The number of hydrogen-bond donors (Lipinski definition) is 1. The molecule has 116 valence electrons. The molecule has 0 atom stereocenters. The van der Waals surface area contributed by atoms with Gasteiger partial charge in [-0.25, -0.2) is 0 Å². The monoisotopic (exact) mass is 274 g/mol. The molecule has 4 nitrogen and oxygen atoms in total. The van der Waals surface area contributed by atoms with E-state index in [-0.39, 0.29) is 5.54 Å². The first-order valence-corrected chi connectivity index (χ1v) is 7.72. The van der Waals surface area contributed by atoms with E-state index < -0.39 is 0 Å². The van der Waals surface area contributed by atoms with Crippen molar-refractivity contribution in [2.75, 3.05) is 46.6 Å². The summed E-state index contributed by atoms with van der Waals surface area (Å²) in [6.07, 6.45) is 4.33. The van der Waals surface area contributed by atoms with Crippen molar-refractivity contribution in [3.8, 4) is 0 Å². The summed E-state index contributed by atoms with van der Waals surface area (Å²) in [6.45, 7) is 11.8. The van der Waals surface area contributed by atoms with Crippen LogP contribution < -0.4 is 5.73 Å². The summed E-state index contributed by atoms with van der Waals surface area (Å²) in [7, 11) is 1.72. The van der Waals surface area contributed by atoms with Crippen LogP contribution in [0.15, 0.2) is 0 Å². The summed E-state index contributed by atoms with van der Waals surface area (Å²) in [6, 6.07) is 0. The first-order chi connectivity index (χ1) is 9.20. The van der Waals surface area contributed by atoms with Crippen molar-refractivity contribution >= 4 is 0 Å². The molecule has 19 heavy (non-hydrogen) atoms. The van der Waals surface area contributed by atoms with Gasteiger partial charge in [-0.3, -0.25) is 4.90 Å². The van der Waals surface area contributed by atoms with Crippen molar-refractivity contribution in [3.05, 3.63) is 0 Å². The highest BCUT2D eigenvalue weighted by Crippen LogP contribution is 2.22. The number of methoxy groups -OCH3 is 1. The fraction of sp³-hybridized carbons (Fsp3) is 1.00. The Morgan fingerprint density at radius 1 is 1.00 bits per heavy atom. The molecule has 0 aliphatic rings. The lowest BCUT2D eigenvalue weighted by Crippen LogP contribution is -2.54. The highest BCUT2D eigenvalue weighted by Gasteiger charge is 2.30.